The number of hydrogen-bond acceptors (Lipinski definition) is 11. The molecule has 0 fully saturated rings. The van der Waals surface area contributed by atoms with Gasteiger partial charge in [0.1, 0.15) is 0 Å². The zero-order valence-electron chi connectivity index (χ0n) is 12.9. The third-order valence-electron chi connectivity index (χ3n) is 2.93. The minimum absolute atomic E-state index is 0. The number of rotatable bonds is 6. The third kappa shape index (κ3) is 6.06. The summed E-state index contributed by atoms with van der Waals surface area (Å²) in [6.07, 6.45) is 0.102. The minimum atomic E-state index is -4.12. The molecular formula is C12H22N2O9W. The van der Waals surface area contributed by atoms with Crippen LogP contribution in [0.3, 0.4) is 0 Å². The van der Waals surface area contributed by atoms with Crippen LogP contribution < -0.4 is 5.32 Å². The van der Waals surface area contributed by atoms with Crippen LogP contribution >= 0.6 is 0 Å². The van der Waals surface area contributed by atoms with E-state index in [4.69, 9.17) is 35.7 Å². The summed E-state index contributed by atoms with van der Waals surface area (Å²) in [5, 5.41) is 81.8. The molecule has 11 nitrogen and oxygen atoms in total. The molecule has 1 aromatic rings. The second-order valence-corrected chi connectivity index (χ2v) is 4.56. The predicted molar refractivity (Wildman–Crippen MR) is 73.8 cm³/mol. The molecule has 0 aliphatic rings. The van der Waals surface area contributed by atoms with Crippen LogP contribution in [-0.4, -0.2) is 82.3 Å². The van der Waals surface area contributed by atoms with Gasteiger partial charge in [-0.1, -0.05) is 6.07 Å². The predicted octanol–water partition coefficient (Wildman–Crippen LogP) is -4.43. The molecule has 0 saturated heterocycles. The summed E-state index contributed by atoms with van der Waals surface area (Å²) in [6.45, 7) is 0.892. The van der Waals surface area contributed by atoms with Crippen molar-refractivity contribution in [3.63, 3.8) is 0 Å². The van der Waals surface area contributed by atoms with Crippen molar-refractivity contribution < 1.29 is 67.0 Å². The smallest absolute Gasteiger partial charge is 0.329 e. The Kier molecular flexibility index (Phi) is 10.5. The molecule has 140 valence electrons. The maximum atomic E-state index is 9.89. The molecule has 1 rings (SSSR count). The number of hydrogen-bond donors (Lipinski definition) is 10. The molecule has 12 heteroatoms. The fraction of sp³-hybridized carbons (Fsp3) is 0.583. The van der Waals surface area contributed by atoms with Crippen molar-refractivity contribution in [2.24, 2.45) is 0 Å². The van der Waals surface area contributed by atoms with Crippen molar-refractivity contribution in [1.29, 1.82) is 0 Å². The number of aliphatic hydroxyl groups excluding tert-OH is 2. The average Bonchev–Trinajstić information content (AvgIpc) is 2.44. The Hall–Kier alpha value is -0.562. The van der Waals surface area contributed by atoms with E-state index in [1.165, 1.54) is 18.3 Å². The van der Waals surface area contributed by atoms with Gasteiger partial charge in [-0.05, 0) is 13.0 Å². The summed E-state index contributed by atoms with van der Waals surface area (Å²) in [7, 11) is 1.00. The first-order valence-corrected chi connectivity index (χ1v) is 6.26. The van der Waals surface area contributed by atoms with E-state index in [0.717, 1.165) is 7.11 Å². The van der Waals surface area contributed by atoms with E-state index in [2.05, 4.69) is 4.98 Å². The second kappa shape index (κ2) is 9.80. The monoisotopic (exact) mass is 522 g/mol. The van der Waals surface area contributed by atoms with Crippen LogP contribution in [0.4, 0.5) is 0 Å². The molecule has 10 N–H and O–H groups in total. The van der Waals surface area contributed by atoms with Gasteiger partial charge in [-0.15, -0.1) is 0 Å². The summed E-state index contributed by atoms with van der Waals surface area (Å²) >= 11 is 0. The van der Waals surface area contributed by atoms with Gasteiger partial charge in [0, 0.05) is 52.2 Å². The SMILES string of the molecule is CO.Cc1ncccc1C(O)CNC(O)(C(O)(O)O)C(O)(O)O.[W]. The molecule has 1 aromatic heterocycles. The summed E-state index contributed by atoms with van der Waals surface area (Å²) in [4.78, 5) is 3.90. The van der Waals surface area contributed by atoms with Crippen molar-refractivity contribution in [2.75, 3.05) is 13.7 Å². The third-order valence-corrected chi connectivity index (χ3v) is 2.93. The largest absolute Gasteiger partial charge is 0.400 e. The first-order chi connectivity index (χ1) is 10.4. The van der Waals surface area contributed by atoms with Gasteiger partial charge in [-0.2, -0.15) is 0 Å². The Labute approximate surface area is 151 Å². The Morgan fingerprint density at radius 1 is 1.04 bits per heavy atom. The number of aliphatic hydroxyl groups is 9. The van der Waals surface area contributed by atoms with E-state index in [1.54, 1.807) is 12.2 Å². The van der Waals surface area contributed by atoms with Crippen molar-refractivity contribution in [2.45, 2.75) is 30.7 Å². The molecule has 24 heavy (non-hydrogen) atoms. The molecule has 0 spiro atoms. The van der Waals surface area contributed by atoms with E-state index in [0.29, 0.717) is 11.3 Å². The number of nitrogens with one attached hydrogen (secondary N) is 1. The van der Waals surface area contributed by atoms with E-state index in [1.807, 2.05) is 0 Å². The molecule has 0 bridgehead atoms. The topological polar surface area (TPSA) is 207 Å². The number of aryl methyl sites for hydroxylation is 1. The zero-order valence-corrected chi connectivity index (χ0v) is 15.8. The Morgan fingerprint density at radius 2 is 1.50 bits per heavy atom. The molecule has 0 radical (unpaired) electrons. The Balaban J connectivity index is 0. The van der Waals surface area contributed by atoms with Crippen LogP contribution in [-0.2, 0) is 21.1 Å². The van der Waals surface area contributed by atoms with Crippen LogP contribution in [0, 0.1) is 6.92 Å². The van der Waals surface area contributed by atoms with Crippen LogP contribution in [0.2, 0.25) is 0 Å². The standard InChI is InChI=1S/C11H18N2O8.CH4O.W/c1-6-7(3-2-4-12-6)8(14)5-13-9(15,10(16,17)18)11(19,20)21;1-2;/h2-4,8,13-21H,5H2,1H3;2H,1H3;. The van der Waals surface area contributed by atoms with Gasteiger partial charge in [0.15, 0.2) is 0 Å². The van der Waals surface area contributed by atoms with Gasteiger partial charge in [-0.25, -0.2) is 0 Å². The van der Waals surface area contributed by atoms with Crippen molar-refractivity contribution in [1.82, 2.24) is 10.3 Å². The summed E-state index contributed by atoms with van der Waals surface area (Å²) in [6, 6.07) is 3.00. The molecule has 0 aromatic carbocycles. The quantitative estimate of drug-likeness (QED) is 0.161. The zero-order chi connectivity index (χ0) is 18.5. The average molecular weight is 522 g/mol. The van der Waals surface area contributed by atoms with E-state index >= 15 is 0 Å². The number of pyridine rings is 1. The summed E-state index contributed by atoms with van der Waals surface area (Å²) in [5.41, 5.74) is -3.04. The minimum Gasteiger partial charge on any atom is -0.400 e. The van der Waals surface area contributed by atoms with Gasteiger partial charge in [0.2, 0.25) is 0 Å². The van der Waals surface area contributed by atoms with Gasteiger partial charge in [0.25, 0.3) is 5.72 Å². The van der Waals surface area contributed by atoms with Crippen molar-refractivity contribution >= 4 is 0 Å². The molecule has 0 aliphatic carbocycles. The van der Waals surface area contributed by atoms with E-state index in [9.17, 15) is 10.2 Å². The maximum absolute atomic E-state index is 9.89. The maximum Gasteiger partial charge on any atom is 0.329 e. The molecule has 1 heterocycles. The fourth-order valence-electron chi connectivity index (χ4n) is 1.67. The van der Waals surface area contributed by atoms with Gasteiger partial charge < -0.3 is 46.0 Å². The Morgan fingerprint density at radius 3 is 1.88 bits per heavy atom. The van der Waals surface area contributed by atoms with Crippen LogP contribution in [0.1, 0.15) is 17.4 Å². The molecular weight excluding hydrogens is 500 g/mol. The molecule has 1 atom stereocenters. The first-order valence-electron chi connectivity index (χ1n) is 6.26. The van der Waals surface area contributed by atoms with Crippen LogP contribution in [0.25, 0.3) is 0 Å². The van der Waals surface area contributed by atoms with E-state index < -0.39 is 30.3 Å². The van der Waals surface area contributed by atoms with Gasteiger partial charge in [0.05, 0.1) is 6.10 Å². The van der Waals surface area contributed by atoms with Gasteiger partial charge >= 0.3 is 11.9 Å². The summed E-state index contributed by atoms with van der Waals surface area (Å²) < 4.78 is 0. The first kappa shape index (κ1) is 25.7. The van der Waals surface area contributed by atoms with Crippen LogP contribution in [0.5, 0.6) is 0 Å². The second-order valence-electron chi connectivity index (χ2n) is 4.56. The molecule has 0 aliphatic heterocycles. The fourth-order valence-corrected chi connectivity index (χ4v) is 1.67. The van der Waals surface area contributed by atoms with E-state index in [-0.39, 0.29) is 21.1 Å². The van der Waals surface area contributed by atoms with Crippen LogP contribution in [0.15, 0.2) is 18.3 Å². The van der Waals surface area contributed by atoms with Crippen molar-refractivity contribution in [3.8, 4) is 0 Å². The number of aromatic nitrogens is 1. The normalized spacial score (nSPS) is 13.5. The Bertz CT molecular complexity index is 476. The molecule has 0 amide bonds. The van der Waals surface area contributed by atoms with Crippen molar-refractivity contribution in [3.05, 3.63) is 29.6 Å². The summed E-state index contributed by atoms with van der Waals surface area (Å²) in [5.74, 6) is -8.23. The molecule has 1 unspecified atom stereocenters. The molecule has 0 saturated carbocycles. The van der Waals surface area contributed by atoms with Gasteiger partial charge in [-0.3, -0.25) is 10.3 Å². The number of nitrogens with zero attached hydrogens (tertiary/aromatic N) is 1.